The summed E-state index contributed by atoms with van der Waals surface area (Å²) in [4.78, 5) is 11.9. The van der Waals surface area contributed by atoms with Gasteiger partial charge in [0.05, 0.1) is 16.8 Å². The lowest BCUT2D eigenvalue weighted by molar-refractivity contribution is -0.121. The number of hydrogen-bond acceptors (Lipinski definition) is 4. The molecule has 0 spiro atoms. The number of rotatable bonds is 2. The third-order valence-corrected chi connectivity index (χ3v) is 6.04. The van der Waals surface area contributed by atoms with Gasteiger partial charge in [-0.05, 0) is 25.0 Å². The van der Waals surface area contributed by atoms with Crippen LogP contribution >= 0.6 is 11.8 Å². The molecule has 14 heavy (non-hydrogen) atoms. The summed E-state index contributed by atoms with van der Waals surface area (Å²) >= 11 is 1.69. The first-order valence-corrected chi connectivity index (χ1v) is 7.81. The minimum absolute atomic E-state index is 0.0910. The van der Waals surface area contributed by atoms with Gasteiger partial charge in [0, 0.05) is 5.92 Å². The number of ketones is 1. The molecule has 0 N–H and O–H groups in total. The Morgan fingerprint density at radius 3 is 2.57 bits per heavy atom. The Hall–Kier alpha value is -0.0300. The molecule has 0 saturated carbocycles. The third kappa shape index (κ3) is 2.14. The van der Waals surface area contributed by atoms with Crippen molar-refractivity contribution in [1.29, 1.82) is 0 Å². The van der Waals surface area contributed by atoms with Crippen molar-refractivity contribution in [3.8, 4) is 0 Å². The summed E-state index contributed by atoms with van der Waals surface area (Å²) in [6.07, 6.45) is 2.60. The zero-order valence-corrected chi connectivity index (χ0v) is 9.57. The number of thioether (sulfide) groups is 1. The maximum absolute atomic E-state index is 11.9. The Labute approximate surface area is 88.6 Å². The third-order valence-electron chi connectivity index (χ3n) is 2.88. The number of Topliss-reactive ketones (excluding diaryl/α,β-unsaturated/α-hetero) is 1. The van der Waals surface area contributed by atoms with Gasteiger partial charge in [0.1, 0.15) is 5.78 Å². The van der Waals surface area contributed by atoms with Crippen molar-refractivity contribution in [2.24, 2.45) is 5.92 Å². The van der Waals surface area contributed by atoms with Gasteiger partial charge in [-0.3, -0.25) is 4.79 Å². The minimum atomic E-state index is -2.90. The van der Waals surface area contributed by atoms with Gasteiger partial charge < -0.3 is 0 Å². The van der Waals surface area contributed by atoms with Gasteiger partial charge in [-0.1, -0.05) is 0 Å². The highest BCUT2D eigenvalue weighted by atomic mass is 32.2. The monoisotopic (exact) mass is 234 g/mol. The van der Waals surface area contributed by atoms with E-state index in [1.54, 1.807) is 11.8 Å². The average Bonchev–Trinajstić information content (AvgIpc) is 2.72. The lowest BCUT2D eigenvalue weighted by Crippen LogP contribution is -2.24. The van der Waals surface area contributed by atoms with Crippen molar-refractivity contribution in [2.75, 3.05) is 17.3 Å². The lowest BCUT2D eigenvalue weighted by atomic mass is 9.99. The first kappa shape index (κ1) is 10.5. The molecule has 2 saturated heterocycles. The molecule has 3 nitrogen and oxygen atoms in total. The molecule has 2 rings (SSSR count). The van der Waals surface area contributed by atoms with Gasteiger partial charge in [-0.2, -0.15) is 11.8 Å². The summed E-state index contributed by atoms with van der Waals surface area (Å²) in [5, 5.41) is 0.0910. The summed E-state index contributed by atoms with van der Waals surface area (Å²) in [5.41, 5.74) is 0. The summed E-state index contributed by atoms with van der Waals surface area (Å²) in [6, 6.07) is 0. The summed E-state index contributed by atoms with van der Waals surface area (Å²) in [6.45, 7) is 0. The molecule has 2 fully saturated rings. The molecule has 2 heterocycles. The standard InChI is InChI=1S/C9H14O3S2/c10-9(8-2-1-4-13-8)7-3-5-14(11,12)6-7/h7-8H,1-6H2. The van der Waals surface area contributed by atoms with Crippen molar-refractivity contribution in [2.45, 2.75) is 24.5 Å². The Morgan fingerprint density at radius 1 is 1.29 bits per heavy atom. The lowest BCUT2D eigenvalue weighted by Gasteiger charge is -2.11. The highest BCUT2D eigenvalue weighted by Crippen LogP contribution is 2.31. The molecule has 2 aliphatic rings. The van der Waals surface area contributed by atoms with E-state index < -0.39 is 9.84 Å². The molecule has 0 radical (unpaired) electrons. The van der Waals surface area contributed by atoms with Crippen LogP contribution < -0.4 is 0 Å². The van der Waals surface area contributed by atoms with Crippen LogP contribution in [0.3, 0.4) is 0 Å². The molecule has 0 aromatic carbocycles. The van der Waals surface area contributed by atoms with Crippen LogP contribution in [0.1, 0.15) is 19.3 Å². The van der Waals surface area contributed by atoms with Crippen molar-refractivity contribution in [3.63, 3.8) is 0 Å². The van der Waals surface area contributed by atoms with E-state index in [4.69, 9.17) is 0 Å². The Balaban J connectivity index is 1.99. The molecule has 2 unspecified atom stereocenters. The molecule has 0 aromatic rings. The van der Waals surface area contributed by atoms with E-state index in [0.717, 1.165) is 18.6 Å². The Bertz CT molecular complexity index is 328. The Morgan fingerprint density at radius 2 is 2.07 bits per heavy atom. The van der Waals surface area contributed by atoms with E-state index in [1.165, 1.54) is 0 Å². The average molecular weight is 234 g/mol. The first-order chi connectivity index (χ1) is 6.58. The van der Waals surface area contributed by atoms with Crippen LogP contribution in [0.2, 0.25) is 0 Å². The number of carbonyl (C=O) groups is 1. The number of sulfone groups is 1. The van der Waals surface area contributed by atoms with E-state index >= 15 is 0 Å². The van der Waals surface area contributed by atoms with E-state index in [1.807, 2.05) is 0 Å². The van der Waals surface area contributed by atoms with Crippen LogP contribution in [0.5, 0.6) is 0 Å². The van der Waals surface area contributed by atoms with Crippen LogP contribution in [0.15, 0.2) is 0 Å². The van der Waals surface area contributed by atoms with Gasteiger partial charge in [-0.25, -0.2) is 8.42 Å². The second-order valence-electron chi connectivity index (χ2n) is 4.00. The first-order valence-electron chi connectivity index (χ1n) is 4.94. The molecule has 0 aliphatic carbocycles. The minimum Gasteiger partial charge on any atom is -0.298 e. The van der Waals surface area contributed by atoms with Crippen LogP contribution in [0.4, 0.5) is 0 Å². The van der Waals surface area contributed by atoms with Crippen LogP contribution in [-0.4, -0.2) is 36.7 Å². The van der Waals surface area contributed by atoms with E-state index in [-0.39, 0.29) is 28.5 Å². The zero-order valence-electron chi connectivity index (χ0n) is 7.94. The molecular formula is C9H14O3S2. The second kappa shape index (κ2) is 3.85. The van der Waals surface area contributed by atoms with Crippen molar-refractivity contribution in [1.82, 2.24) is 0 Å². The molecule has 0 aromatic heterocycles. The fourth-order valence-electron chi connectivity index (χ4n) is 2.08. The summed E-state index contributed by atoms with van der Waals surface area (Å²) in [5.74, 6) is 1.35. The molecule has 0 amide bonds. The number of hydrogen-bond donors (Lipinski definition) is 0. The van der Waals surface area contributed by atoms with Crippen LogP contribution in [0.25, 0.3) is 0 Å². The second-order valence-corrected chi connectivity index (χ2v) is 7.54. The SMILES string of the molecule is O=C(C1CCS(=O)(=O)C1)C1CCCS1. The summed E-state index contributed by atoms with van der Waals surface area (Å²) in [7, 11) is -2.90. The van der Waals surface area contributed by atoms with Gasteiger partial charge in [-0.15, -0.1) is 0 Å². The topological polar surface area (TPSA) is 51.2 Å². The quantitative estimate of drug-likeness (QED) is 0.712. The molecule has 5 heteroatoms. The fraction of sp³-hybridized carbons (Fsp3) is 0.889. The largest absolute Gasteiger partial charge is 0.298 e. The fourth-order valence-corrected chi connectivity index (χ4v) is 5.15. The highest BCUT2D eigenvalue weighted by molar-refractivity contribution is 8.00. The molecule has 2 aliphatic heterocycles. The van der Waals surface area contributed by atoms with Crippen molar-refractivity contribution >= 4 is 27.4 Å². The van der Waals surface area contributed by atoms with Crippen LogP contribution in [-0.2, 0) is 14.6 Å². The number of carbonyl (C=O) groups excluding carboxylic acids is 1. The normalized spacial score (nSPS) is 36.0. The highest BCUT2D eigenvalue weighted by Gasteiger charge is 2.37. The van der Waals surface area contributed by atoms with E-state index in [2.05, 4.69) is 0 Å². The summed E-state index contributed by atoms with van der Waals surface area (Å²) < 4.78 is 22.4. The van der Waals surface area contributed by atoms with E-state index in [9.17, 15) is 13.2 Å². The molecular weight excluding hydrogens is 220 g/mol. The predicted molar refractivity (Wildman–Crippen MR) is 57.2 cm³/mol. The zero-order chi connectivity index (χ0) is 10.2. The van der Waals surface area contributed by atoms with Gasteiger partial charge in [0.15, 0.2) is 9.84 Å². The predicted octanol–water partition coefficient (Wildman–Crippen LogP) is 0.886. The van der Waals surface area contributed by atoms with Gasteiger partial charge in [0.2, 0.25) is 0 Å². The van der Waals surface area contributed by atoms with Crippen molar-refractivity contribution in [3.05, 3.63) is 0 Å². The van der Waals surface area contributed by atoms with E-state index in [0.29, 0.717) is 6.42 Å². The molecule has 0 bridgehead atoms. The van der Waals surface area contributed by atoms with Gasteiger partial charge >= 0.3 is 0 Å². The maximum atomic E-state index is 11.9. The van der Waals surface area contributed by atoms with Crippen molar-refractivity contribution < 1.29 is 13.2 Å². The van der Waals surface area contributed by atoms with Crippen LogP contribution in [0, 0.1) is 5.92 Å². The Kier molecular flexibility index (Phi) is 2.88. The smallest absolute Gasteiger partial charge is 0.151 e. The maximum Gasteiger partial charge on any atom is 0.151 e. The van der Waals surface area contributed by atoms with Gasteiger partial charge in [0.25, 0.3) is 0 Å². The molecule has 2 atom stereocenters. The molecule has 80 valence electrons.